The van der Waals surface area contributed by atoms with Gasteiger partial charge in [-0.3, -0.25) is 4.68 Å². The number of fused-ring (bicyclic) bond motifs is 1. The van der Waals surface area contributed by atoms with Crippen molar-refractivity contribution in [3.8, 4) is 17.0 Å². The maximum atomic E-state index is 10.8. The highest BCUT2D eigenvalue weighted by atomic mass is 16.5. The van der Waals surface area contributed by atoms with Gasteiger partial charge < -0.3 is 15.2 Å². The molecule has 0 saturated heterocycles. The number of aryl methyl sites for hydroxylation is 1. The molecule has 2 heterocycles. The van der Waals surface area contributed by atoms with E-state index in [-0.39, 0.29) is 6.54 Å². The minimum absolute atomic E-state index is 0.277. The molecule has 0 bridgehead atoms. The van der Waals surface area contributed by atoms with Crippen molar-refractivity contribution in [1.82, 2.24) is 20.0 Å². The summed E-state index contributed by atoms with van der Waals surface area (Å²) in [5.74, 6) is 1.42. The molecule has 0 spiro atoms. The van der Waals surface area contributed by atoms with E-state index in [1.165, 1.54) is 0 Å². The number of nitrogens with one attached hydrogen (secondary N) is 1. The van der Waals surface area contributed by atoms with Crippen molar-refractivity contribution >= 4 is 16.6 Å². The van der Waals surface area contributed by atoms with Crippen LogP contribution in [0.4, 0.5) is 5.82 Å². The van der Waals surface area contributed by atoms with Gasteiger partial charge in [-0.2, -0.15) is 5.10 Å². The van der Waals surface area contributed by atoms with Crippen LogP contribution in [0.15, 0.2) is 60.9 Å². The van der Waals surface area contributed by atoms with E-state index < -0.39 is 5.60 Å². The molecule has 0 saturated carbocycles. The molecule has 7 heteroatoms. The Labute approximate surface area is 169 Å². The minimum atomic E-state index is -1.09. The summed E-state index contributed by atoms with van der Waals surface area (Å²) in [6, 6.07) is 15.7. The van der Waals surface area contributed by atoms with Gasteiger partial charge in [-0.05, 0) is 31.2 Å². The first-order chi connectivity index (χ1) is 14.0. The van der Waals surface area contributed by atoms with Gasteiger partial charge in [0.15, 0.2) is 5.82 Å². The molecule has 4 aromatic rings. The van der Waals surface area contributed by atoms with Gasteiger partial charge in [-0.25, -0.2) is 0 Å². The molecule has 148 valence electrons. The average Bonchev–Trinajstić information content (AvgIpc) is 3.19. The monoisotopic (exact) mass is 389 g/mol. The summed E-state index contributed by atoms with van der Waals surface area (Å²) in [5.41, 5.74) is 1.40. The van der Waals surface area contributed by atoms with Crippen LogP contribution in [0.5, 0.6) is 5.75 Å². The van der Waals surface area contributed by atoms with Gasteiger partial charge in [0.05, 0.1) is 13.3 Å². The van der Waals surface area contributed by atoms with Crippen molar-refractivity contribution in [2.75, 3.05) is 19.0 Å². The number of rotatable bonds is 6. The van der Waals surface area contributed by atoms with Gasteiger partial charge >= 0.3 is 0 Å². The van der Waals surface area contributed by atoms with Crippen molar-refractivity contribution < 1.29 is 9.84 Å². The Morgan fingerprint density at radius 2 is 1.79 bits per heavy atom. The molecule has 1 unspecified atom stereocenters. The lowest BCUT2D eigenvalue weighted by molar-refractivity contribution is 0.0714. The van der Waals surface area contributed by atoms with E-state index in [1.807, 2.05) is 55.6 Å². The first-order valence-electron chi connectivity index (χ1n) is 9.33. The number of anilines is 1. The Morgan fingerprint density at radius 1 is 1.07 bits per heavy atom. The maximum absolute atomic E-state index is 10.8. The fraction of sp³-hybridized carbons (Fsp3) is 0.227. The summed E-state index contributed by atoms with van der Waals surface area (Å²) < 4.78 is 6.91. The van der Waals surface area contributed by atoms with Gasteiger partial charge in [0.25, 0.3) is 0 Å². The van der Waals surface area contributed by atoms with E-state index in [9.17, 15) is 5.11 Å². The number of aromatic nitrogens is 4. The molecule has 2 aromatic heterocycles. The lowest BCUT2D eigenvalue weighted by Crippen LogP contribution is -2.30. The zero-order valence-corrected chi connectivity index (χ0v) is 16.6. The van der Waals surface area contributed by atoms with Crippen molar-refractivity contribution in [3.05, 3.63) is 66.5 Å². The van der Waals surface area contributed by atoms with Gasteiger partial charge in [0, 0.05) is 41.7 Å². The third kappa shape index (κ3) is 3.77. The number of hydrogen-bond acceptors (Lipinski definition) is 6. The molecule has 0 aliphatic rings. The highest BCUT2D eigenvalue weighted by Gasteiger charge is 2.25. The predicted octanol–water partition coefficient (Wildman–Crippen LogP) is 3.36. The Balaban J connectivity index is 1.66. The van der Waals surface area contributed by atoms with Gasteiger partial charge in [0.2, 0.25) is 0 Å². The number of ether oxygens (including phenoxy) is 1. The summed E-state index contributed by atoms with van der Waals surface area (Å²) in [6.07, 6.45) is 3.47. The van der Waals surface area contributed by atoms with Crippen molar-refractivity contribution in [1.29, 1.82) is 0 Å². The fourth-order valence-electron chi connectivity index (χ4n) is 3.25. The van der Waals surface area contributed by atoms with Crippen LogP contribution in [-0.2, 0) is 12.6 Å². The number of methoxy groups -OCH3 is 1. The van der Waals surface area contributed by atoms with E-state index in [0.717, 1.165) is 33.3 Å². The zero-order valence-electron chi connectivity index (χ0n) is 16.6. The lowest BCUT2D eigenvalue weighted by atomic mass is 9.99. The summed E-state index contributed by atoms with van der Waals surface area (Å²) in [5, 5.41) is 29.0. The van der Waals surface area contributed by atoms with Crippen molar-refractivity contribution in [2.45, 2.75) is 12.5 Å². The second-order valence-corrected chi connectivity index (χ2v) is 7.20. The van der Waals surface area contributed by atoms with Crippen LogP contribution in [-0.4, -0.2) is 38.7 Å². The Kier molecular flexibility index (Phi) is 4.90. The molecular weight excluding hydrogens is 366 g/mol. The summed E-state index contributed by atoms with van der Waals surface area (Å²) in [7, 11) is 3.47. The summed E-state index contributed by atoms with van der Waals surface area (Å²) in [6.45, 7) is 2.03. The zero-order chi connectivity index (χ0) is 20.4. The third-order valence-electron chi connectivity index (χ3n) is 4.98. The maximum Gasteiger partial charge on any atom is 0.156 e. The number of nitrogens with zero attached hydrogens (tertiary/aromatic N) is 4. The number of hydrogen-bond donors (Lipinski definition) is 2. The second-order valence-electron chi connectivity index (χ2n) is 7.20. The Morgan fingerprint density at radius 3 is 2.45 bits per heavy atom. The van der Waals surface area contributed by atoms with E-state index in [4.69, 9.17) is 4.74 Å². The minimum Gasteiger partial charge on any atom is -0.497 e. The SMILES string of the molecule is COc1ccc(-c2nnc(NCC(C)(O)c3cnn(C)c3)c3ccccc23)cc1. The van der Waals surface area contributed by atoms with Crippen LogP contribution in [0, 0.1) is 0 Å². The van der Waals surface area contributed by atoms with Gasteiger partial charge in [-0.15, -0.1) is 10.2 Å². The molecular formula is C22H23N5O2. The molecule has 0 aliphatic heterocycles. The molecule has 0 aliphatic carbocycles. The summed E-state index contributed by atoms with van der Waals surface area (Å²) in [4.78, 5) is 0. The third-order valence-corrected chi connectivity index (χ3v) is 4.98. The first kappa shape index (κ1) is 18.9. The fourth-order valence-corrected chi connectivity index (χ4v) is 3.25. The molecule has 7 nitrogen and oxygen atoms in total. The van der Waals surface area contributed by atoms with Crippen LogP contribution in [0.3, 0.4) is 0 Å². The average molecular weight is 389 g/mol. The van der Waals surface area contributed by atoms with Crippen molar-refractivity contribution in [3.63, 3.8) is 0 Å². The smallest absolute Gasteiger partial charge is 0.156 e. The van der Waals surface area contributed by atoms with Crippen LogP contribution in [0.25, 0.3) is 22.0 Å². The molecule has 2 aromatic carbocycles. The Hall–Kier alpha value is -3.45. The standard InChI is InChI=1S/C22H23N5O2/c1-22(28,16-12-24-27(2)13-16)14-23-21-19-7-5-4-6-18(19)20(25-26-21)15-8-10-17(29-3)11-9-15/h4-13,28H,14H2,1-3H3,(H,23,26). The van der Waals surface area contributed by atoms with Crippen LogP contribution in [0.2, 0.25) is 0 Å². The predicted molar refractivity (Wildman–Crippen MR) is 113 cm³/mol. The highest BCUT2D eigenvalue weighted by Crippen LogP contribution is 2.31. The molecule has 2 N–H and O–H groups in total. The Bertz CT molecular complexity index is 1140. The first-order valence-corrected chi connectivity index (χ1v) is 9.33. The molecule has 29 heavy (non-hydrogen) atoms. The molecule has 0 amide bonds. The normalized spacial score (nSPS) is 13.2. The quantitative estimate of drug-likeness (QED) is 0.526. The summed E-state index contributed by atoms with van der Waals surface area (Å²) >= 11 is 0. The van der Waals surface area contributed by atoms with Crippen LogP contribution < -0.4 is 10.1 Å². The highest BCUT2D eigenvalue weighted by molar-refractivity contribution is 6.00. The van der Waals surface area contributed by atoms with E-state index in [0.29, 0.717) is 5.82 Å². The molecule has 1 atom stereocenters. The lowest BCUT2D eigenvalue weighted by Gasteiger charge is -2.23. The van der Waals surface area contributed by atoms with E-state index in [2.05, 4.69) is 20.6 Å². The topological polar surface area (TPSA) is 85.1 Å². The number of benzene rings is 2. The largest absolute Gasteiger partial charge is 0.497 e. The molecule has 0 fully saturated rings. The second kappa shape index (κ2) is 7.52. The molecule has 4 rings (SSSR count). The van der Waals surface area contributed by atoms with Gasteiger partial charge in [0.1, 0.15) is 17.0 Å². The van der Waals surface area contributed by atoms with Gasteiger partial charge in [-0.1, -0.05) is 24.3 Å². The van der Waals surface area contributed by atoms with Crippen LogP contribution >= 0.6 is 0 Å². The number of aliphatic hydroxyl groups is 1. The molecule has 0 radical (unpaired) electrons. The van der Waals surface area contributed by atoms with Crippen LogP contribution in [0.1, 0.15) is 12.5 Å². The van der Waals surface area contributed by atoms with E-state index >= 15 is 0 Å². The van der Waals surface area contributed by atoms with E-state index in [1.54, 1.807) is 31.1 Å². The van der Waals surface area contributed by atoms with Crippen molar-refractivity contribution in [2.24, 2.45) is 7.05 Å².